The van der Waals surface area contributed by atoms with Crippen LogP contribution in [0.1, 0.15) is 46.0 Å². The summed E-state index contributed by atoms with van der Waals surface area (Å²) in [4.78, 5) is 23.8. The number of aromatic amines is 1. The fourth-order valence-corrected chi connectivity index (χ4v) is 5.06. The molecule has 6 nitrogen and oxygen atoms in total. The van der Waals surface area contributed by atoms with Gasteiger partial charge in [0.05, 0.1) is 5.75 Å². The number of nitrogens with one attached hydrogen (secondary N) is 2. The van der Waals surface area contributed by atoms with Gasteiger partial charge >= 0.3 is 5.69 Å². The van der Waals surface area contributed by atoms with Crippen LogP contribution in [0.25, 0.3) is 0 Å². The predicted molar refractivity (Wildman–Crippen MR) is 90.4 cm³/mol. The minimum atomic E-state index is -0.204. The van der Waals surface area contributed by atoms with Gasteiger partial charge in [0.2, 0.25) is 5.91 Å². The Labute approximate surface area is 140 Å². The highest BCUT2D eigenvalue weighted by molar-refractivity contribution is 7.99. The summed E-state index contributed by atoms with van der Waals surface area (Å²) in [5.74, 6) is 2.68. The lowest BCUT2D eigenvalue weighted by atomic mass is 9.84. The molecule has 128 valence electrons. The zero-order valence-corrected chi connectivity index (χ0v) is 14.7. The van der Waals surface area contributed by atoms with Gasteiger partial charge in [-0.15, -0.1) is 5.10 Å². The summed E-state index contributed by atoms with van der Waals surface area (Å²) in [6.07, 6.45) is 6.21. The summed E-state index contributed by atoms with van der Waals surface area (Å²) >= 11 is 1.32. The highest BCUT2D eigenvalue weighted by Crippen LogP contribution is 2.49. The largest absolute Gasteiger partial charge is 0.353 e. The van der Waals surface area contributed by atoms with Crippen LogP contribution in [0.5, 0.6) is 0 Å². The lowest BCUT2D eigenvalue weighted by Gasteiger charge is -2.28. The molecule has 0 aliphatic heterocycles. The number of hydrogen-bond acceptors (Lipinski definition) is 4. The van der Waals surface area contributed by atoms with E-state index in [0.717, 1.165) is 18.3 Å². The van der Waals surface area contributed by atoms with Crippen molar-refractivity contribution in [3.63, 3.8) is 0 Å². The number of carbonyl (C=O) groups excluding carboxylic acids is 1. The van der Waals surface area contributed by atoms with Crippen LogP contribution in [-0.4, -0.2) is 32.5 Å². The number of hydrogen-bond donors (Lipinski definition) is 2. The number of amides is 1. The SMILES string of the molecule is CCCn1c(SCC(=O)N[C@H](C)[C@@H]2C[C@H]3CC[C@H]2C3)n[nH]c1=O. The fraction of sp³-hybridized carbons (Fsp3) is 0.812. The van der Waals surface area contributed by atoms with Gasteiger partial charge in [-0.05, 0) is 50.4 Å². The highest BCUT2D eigenvalue weighted by Gasteiger charge is 2.42. The number of aromatic nitrogens is 3. The first kappa shape index (κ1) is 16.6. The predicted octanol–water partition coefficient (Wildman–Crippen LogP) is 2.01. The van der Waals surface area contributed by atoms with Crippen LogP contribution in [-0.2, 0) is 11.3 Å². The maximum Gasteiger partial charge on any atom is 0.343 e. The molecule has 2 aliphatic carbocycles. The normalized spacial score (nSPS) is 27.3. The van der Waals surface area contributed by atoms with Crippen molar-refractivity contribution in [2.75, 3.05) is 5.75 Å². The Morgan fingerprint density at radius 1 is 1.48 bits per heavy atom. The summed E-state index contributed by atoms with van der Waals surface area (Å²) in [6.45, 7) is 4.77. The molecule has 2 saturated carbocycles. The van der Waals surface area contributed by atoms with Crippen molar-refractivity contribution in [1.29, 1.82) is 0 Å². The van der Waals surface area contributed by atoms with E-state index in [2.05, 4.69) is 22.4 Å². The molecule has 1 amide bonds. The summed E-state index contributed by atoms with van der Waals surface area (Å²) in [7, 11) is 0. The molecule has 0 radical (unpaired) electrons. The van der Waals surface area contributed by atoms with Crippen LogP contribution in [0.2, 0.25) is 0 Å². The van der Waals surface area contributed by atoms with E-state index in [1.165, 1.54) is 37.4 Å². The first-order valence-corrected chi connectivity index (χ1v) is 9.64. The van der Waals surface area contributed by atoms with Gasteiger partial charge in [0.25, 0.3) is 0 Å². The molecule has 0 spiro atoms. The molecular formula is C16H26N4O2S. The third kappa shape index (κ3) is 3.65. The molecule has 23 heavy (non-hydrogen) atoms. The van der Waals surface area contributed by atoms with Crippen molar-refractivity contribution in [1.82, 2.24) is 20.1 Å². The Balaban J connectivity index is 1.49. The van der Waals surface area contributed by atoms with E-state index in [9.17, 15) is 9.59 Å². The van der Waals surface area contributed by atoms with Gasteiger partial charge in [-0.2, -0.15) is 0 Å². The lowest BCUT2D eigenvalue weighted by molar-refractivity contribution is -0.119. The molecule has 4 atom stereocenters. The molecule has 2 bridgehead atoms. The molecule has 3 rings (SSSR count). The van der Waals surface area contributed by atoms with Gasteiger partial charge in [-0.25, -0.2) is 9.89 Å². The van der Waals surface area contributed by atoms with Crippen molar-refractivity contribution in [3.05, 3.63) is 10.5 Å². The van der Waals surface area contributed by atoms with E-state index >= 15 is 0 Å². The molecule has 0 unspecified atom stereocenters. The molecule has 2 N–H and O–H groups in total. The highest BCUT2D eigenvalue weighted by atomic mass is 32.2. The second-order valence-electron chi connectivity index (χ2n) is 6.95. The van der Waals surface area contributed by atoms with E-state index in [1.54, 1.807) is 4.57 Å². The number of fused-ring (bicyclic) bond motifs is 2. The maximum atomic E-state index is 12.2. The Morgan fingerprint density at radius 3 is 2.96 bits per heavy atom. The number of H-pyrrole nitrogens is 1. The van der Waals surface area contributed by atoms with Crippen molar-refractivity contribution in [3.8, 4) is 0 Å². The van der Waals surface area contributed by atoms with Gasteiger partial charge in [-0.1, -0.05) is 25.1 Å². The van der Waals surface area contributed by atoms with Crippen LogP contribution < -0.4 is 11.0 Å². The topological polar surface area (TPSA) is 79.8 Å². The Hall–Kier alpha value is -1.24. The Morgan fingerprint density at radius 2 is 2.30 bits per heavy atom. The van der Waals surface area contributed by atoms with Crippen LogP contribution in [0.15, 0.2) is 9.95 Å². The number of nitrogens with zero attached hydrogens (tertiary/aromatic N) is 2. The molecule has 1 aromatic rings. The van der Waals surface area contributed by atoms with Crippen LogP contribution >= 0.6 is 11.8 Å². The van der Waals surface area contributed by atoms with Crippen molar-refractivity contribution >= 4 is 17.7 Å². The minimum Gasteiger partial charge on any atom is -0.353 e. The van der Waals surface area contributed by atoms with Crippen LogP contribution in [0.4, 0.5) is 0 Å². The number of carbonyl (C=O) groups is 1. The zero-order valence-electron chi connectivity index (χ0n) is 13.9. The van der Waals surface area contributed by atoms with Crippen molar-refractivity contribution in [2.45, 2.75) is 63.7 Å². The number of thioether (sulfide) groups is 1. The van der Waals surface area contributed by atoms with Crippen molar-refractivity contribution < 1.29 is 4.79 Å². The van der Waals surface area contributed by atoms with Crippen LogP contribution in [0, 0.1) is 17.8 Å². The maximum absolute atomic E-state index is 12.2. The van der Waals surface area contributed by atoms with E-state index in [4.69, 9.17) is 0 Å². The fourth-order valence-electron chi connectivity index (χ4n) is 4.27. The second-order valence-corrected chi connectivity index (χ2v) is 7.89. The van der Waals surface area contributed by atoms with Gasteiger partial charge in [0.1, 0.15) is 0 Å². The van der Waals surface area contributed by atoms with Gasteiger partial charge in [0.15, 0.2) is 5.16 Å². The summed E-state index contributed by atoms with van der Waals surface area (Å²) in [5, 5.41) is 10.2. The Bertz CT molecular complexity index is 611. The summed E-state index contributed by atoms with van der Waals surface area (Å²) < 4.78 is 1.59. The van der Waals surface area contributed by atoms with Crippen LogP contribution in [0.3, 0.4) is 0 Å². The second kappa shape index (κ2) is 7.11. The molecule has 1 heterocycles. The molecule has 7 heteroatoms. The molecule has 0 aromatic carbocycles. The molecule has 2 fully saturated rings. The van der Waals surface area contributed by atoms with Gasteiger partial charge in [0, 0.05) is 12.6 Å². The average Bonchev–Trinajstić information content (AvgIpc) is 3.23. The monoisotopic (exact) mass is 338 g/mol. The van der Waals surface area contributed by atoms with Crippen molar-refractivity contribution in [2.24, 2.45) is 17.8 Å². The summed E-state index contributed by atoms with van der Waals surface area (Å²) in [5.41, 5.74) is -0.204. The number of rotatable bonds is 7. The molecule has 2 aliphatic rings. The zero-order chi connectivity index (χ0) is 16.4. The summed E-state index contributed by atoms with van der Waals surface area (Å²) in [6, 6.07) is 0.246. The Kier molecular flexibility index (Phi) is 5.14. The standard InChI is InChI=1S/C16H26N4O2S/c1-3-6-20-15(22)18-19-16(20)23-9-14(21)17-10(2)13-8-11-4-5-12(13)7-11/h10-13H,3-9H2,1-2H3,(H,17,21)(H,18,22)/t10-,11+,12+,13+/m1/s1. The first-order chi connectivity index (χ1) is 11.1. The average molecular weight is 338 g/mol. The third-order valence-electron chi connectivity index (χ3n) is 5.33. The van der Waals surface area contributed by atoms with E-state index in [0.29, 0.717) is 23.4 Å². The quantitative estimate of drug-likeness (QED) is 0.746. The third-order valence-corrected chi connectivity index (χ3v) is 6.30. The van der Waals surface area contributed by atoms with E-state index in [-0.39, 0.29) is 17.6 Å². The minimum absolute atomic E-state index is 0.0313. The smallest absolute Gasteiger partial charge is 0.343 e. The molecular weight excluding hydrogens is 312 g/mol. The first-order valence-electron chi connectivity index (χ1n) is 8.65. The lowest BCUT2D eigenvalue weighted by Crippen LogP contribution is -2.41. The van der Waals surface area contributed by atoms with Gasteiger partial charge < -0.3 is 5.32 Å². The van der Waals surface area contributed by atoms with E-state index < -0.39 is 0 Å². The molecule has 0 saturated heterocycles. The van der Waals surface area contributed by atoms with Gasteiger partial charge in [-0.3, -0.25) is 9.36 Å². The molecule has 1 aromatic heterocycles. The van der Waals surface area contributed by atoms with E-state index in [1.807, 2.05) is 6.92 Å².